The zero-order valence-electron chi connectivity index (χ0n) is 15.6. The number of fused-ring (bicyclic) bond motifs is 1. The lowest BCUT2D eigenvalue weighted by Gasteiger charge is -2.10. The Balaban J connectivity index is 1.78. The van der Waals surface area contributed by atoms with Crippen LogP contribution in [0.15, 0.2) is 79.0 Å². The highest BCUT2D eigenvalue weighted by Crippen LogP contribution is 2.29. The number of carbonyl (C=O) groups excluding carboxylic acids is 2. The highest BCUT2D eigenvalue weighted by molar-refractivity contribution is 6.47. The number of benzene rings is 2. The van der Waals surface area contributed by atoms with Gasteiger partial charge < -0.3 is 14.5 Å². The molecule has 0 atom stereocenters. The third-order valence-electron chi connectivity index (χ3n) is 4.61. The first-order chi connectivity index (χ1) is 14.1. The predicted octanol–water partition coefficient (Wildman–Crippen LogP) is 4.58. The highest BCUT2D eigenvalue weighted by Gasteiger charge is 2.25. The van der Waals surface area contributed by atoms with Gasteiger partial charge in [-0.2, -0.15) is 0 Å². The van der Waals surface area contributed by atoms with E-state index in [-0.39, 0.29) is 11.5 Å². The number of Topliss-reactive ketones (excluding diaryl/α,β-unsaturated/α-hetero) is 1. The van der Waals surface area contributed by atoms with Crippen LogP contribution in [-0.4, -0.2) is 23.2 Å². The summed E-state index contributed by atoms with van der Waals surface area (Å²) in [6.45, 7) is 0. The lowest BCUT2D eigenvalue weighted by Crippen LogP contribution is -2.24. The number of nitrogens with one attached hydrogen (secondary N) is 1. The molecule has 0 fully saturated rings. The fourth-order valence-electron chi connectivity index (χ4n) is 3.24. The minimum Gasteiger partial charge on any atom is -0.495 e. The minimum absolute atomic E-state index is 0.208. The molecule has 144 valence electrons. The standard InChI is InChI=1S/C23H17FN2O3/c1-29-20-8-3-2-7-19(20)25-23(28)22(27)21-18(15-9-11-16(24)12-10-15)14-17-6-4-5-13-26(17)21/h2-14H,1H3,(H,25,28). The van der Waals surface area contributed by atoms with E-state index in [2.05, 4.69) is 5.32 Å². The van der Waals surface area contributed by atoms with E-state index >= 15 is 0 Å². The van der Waals surface area contributed by atoms with Crippen LogP contribution < -0.4 is 10.1 Å². The molecule has 0 saturated heterocycles. The van der Waals surface area contributed by atoms with Crippen LogP contribution >= 0.6 is 0 Å². The summed E-state index contributed by atoms with van der Waals surface area (Å²) in [5.41, 5.74) is 2.55. The van der Waals surface area contributed by atoms with Gasteiger partial charge in [0, 0.05) is 17.3 Å². The SMILES string of the molecule is COc1ccccc1NC(=O)C(=O)c1c(-c2ccc(F)cc2)cc2ccccn12. The monoisotopic (exact) mass is 388 g/mol. The van der Waals surface area contributed by atoms with E-state index in [1.165, 1.54) is 19.2 Å². The van der Waals surface area contributed by atoms with Crippen LogP contribution in [0.4, 0.5) is 10.1 Å². The Labute approximate surface area is 166 Å². The van der Waals surface area contributed by atoms with Crippen molar-refractivity contribution in [2.24, 2.45) is 0 Å². The van der Waals surface area contributed by atoms with E-state index in [0.29, 0.717) is 22.6 Å². The van der Waals surface area contributed by atoms with Crippen LogP contribution in [0.25, 0.3) is 16.6 Å². The molecule has 2 aromatic carbocycles. The van der Waals surface area contributed by atoms with Gasteiger partial charge in [-0.3, -0.25) is 9.59 Å². The zero-order valence-corrected chi connectivity index (χ0v) is 15.6. The van der Waals surface area contributed by atoms with E-state index < -0.39 is 11.7 Å². The van der Waals surface area contributed by atoms with Crippen molar-refractivity contribution in [1.82, 2.24) is 4.40 Å². The molecule has 1 amide bonds. The Morgan fingerprint density at radius 2 is 1.69 bits per heavy atom. The van der Waals surface area contributed by atoms with Gasteiger partial charge in [-0.15, -0.1) is 0 Å². The van der Waals surface area contributed by atoms with Crippen molar-refractivity contribution < 1.29 is 18.7 Å². The number of aromatic nitrogens is 1. The topological polar surface area (TPSA) is 59.8 Å². The average molecular weight is 388 g/mol. The van der Waals surface area contributed by atoms with Gasteiger partial charge in [-0.1, -0.05) is 30.3 Å². The molecule has 0 unspecified atom stereocenters. The predicted molar refractivity (Wildman–Crippen MR) is 109 cm³/mol. The van der Waals surface area contributed by atoms with Crippen molar-refractivity contribution in [1.29, 1.82) is 0 Å². The molecule has 2 heterocycles. The number of pyridine rings is 1. The number of para-hydroxylation sites is 2. The Hall–Kier alpha value is -3.93. The van der Waals surface area contributed by atoms with Gasteiger partial charge in [0.15, 0.2) is 0 Å². The number of ether oxygens (including phenoxy) is 1. The summed E-state index contributed by atoms with van der Waals surface area (Å²) < 4.78 is 20.2. The van der Waals surface area contributed by atoms with Crippen molar-refractivity contribution in [3.05, 3.63) is 90.5 Å². The fourth-order valence-corrected chi connectivity index (χ4v) is 3.24. The molecule has 2 aromatic heterocycles. The normalized spacial score (nSPS) is 10.7. The van der Waals surface area contributed by atoms with Crippen molar-refractivity contribution in [3.63, 3.8) is 0 Å². The molecule has 0 radical (unpaired) electrons. The van der Waals surface area contributed by atoms with Gasteiger partial charge in [0.2, 0.25) is 0 Å². The van der Waals surface area contributed by atoms with Gasteiger partial charge in [-0.25, -0.2) is 4.39 Å². The lowest BCUT2D eigenvalue weighted by molar-refractivity contribution is -0.112. The van der Waals surface area contributed by atoms with Crippen LogP contribution in [-0.2, 0) is 4.79 Å². The number of ketones is 1. The summed E-state index contributed by atoms with van der Waals surface area (Å²) in [4.78, 5) is 25.9. The van der Waals surface area contributed by atoms with Crippen molar-refractivity contribution in [3.8, 4) is 16.9 Å². The average Bonchev–Trinajstić information content (AvgIpc) is 3.13. The summed E-state index contributed by atoms with van der Waals surface area (Å²) in [5.74, 6) is -1.42. The summed E-state index contributed by atoms with van der Waals surface area (Å²) in [7, 11) is 1.49. The molecule has 4 aromatic rings. The van der Waals surface area contributed by atoms with Crippen molar-refractivity contribution in [2.45, 2.75) is 0 Å². The molecular weight excluding hydrogens is 371 g/mol. The van der Waals surface area contributed by atoms with Crippen LogP contribution in [0.1, 0.15) is 10.5 Å². The second kappa shape index (κ2) is 7.59. The Bertz CT molecular complexity index is 1210. The minimum atomic E-state index is -0.790. The number of hydrogen-bond acceptors (Lipinski definition) is 3. The third-order valence-corrected chi connectivity index (χ3v) is 4.61. The second-order valence-corrected chi connectivity index (χ2v) is 6.39. The van der Waals surface area contributed by atoms with E-state index in [9.17, 15) is 14.0 Å². The van der Waals surface area contributed by atoms with Gasteiger partial charge in [0.1, 0.15) is 17.3 Å². The zero-order chi connectivity index (χ0) is 20.4. The molecule has 0 aliphatic heterocycles. The Morgan fingerprint density at radius 1 is 0.966 bits per heavy atom. The number of methoxy groups -OCH3 is 1. The maximum absolute atomic E-state index is 13.4. The summed E-state index contributed by atoms with van der Waals surface area (Å²) in [5, 5.41) is 2.62. The van der Waals surface area contributed by atoms with E-state index in [0.717, 1.165) is 5.52 Å². The third kappa shape index (κ3) is 3.48. The summed E-state index contributed by atoms with van der Waals surface area (Å²) in [6.07, 6.45) is 1.71. The molecule has 5 nitrogen and oxygen atoms in total. The summed E-state index contributed by atoms with van der Waals surface area (Å²) >= 11 is 0. The van der Waals surface area contributed by atoms with Crippen LogP contribution in [0.5, 0.6) is 5.75 Å². The lowest BCUT2D eigenvalue weighted by atomic mass is 10.0. The Morgan fingerprint density at radius 3 is 2.45 bits per heavy atom. The molecule has 0 bridgehead atoms. The smallest absolute Gasteiger partial charge is 0.298 e. The maximum atomic E-state index is 13.4. The molecule has 29 heavy (non-hydrogen) atoms. The number of nitrogens with zero attached hydrogens (tertiary/aromatic N) is 1. The van der Waals surface area contributed by atoms with Crippen molar-refractivity contribution >= 4 is 22.9 Å². The molecular formula is C23H17FN2O3. The number of rotatable bonds is 5. The quantitative estimate of drug-likeness (QED) is 0.402. The molecule has 0 aliphatic rings. The number of halogens is 1. The van der Waals surface area contributed by atoms with Gasteiger partial charge in [-0.05, 0) is 48.0 Å². The van der Waals surface area contributed by atoms with E-state index in [1.54, 1.807) is 59.1 Å². The number of amides is 1. The Kier molecular flexibility index (Phi) is 4.83. The first-order valence-corrected chi connectivity index (χ1v) is 8.93. The second-order valence-electron chi connectivity index (χ2n) is 6.39. The number of hydrogen-bond donors (Lipinski definition) is 1. The number of anilines is 1. The van der Waals surface area contributed by atoms with E-state index in [4.69, 9.17) is 4.74 Å². The van der Waals surface area contributed by atoms with Crippen molar-refractivity contribution in [2.75, 3.05) is 12.4 Å². The molecule has 6 heteroatoms. The maximum Gasteiger partial charge on any atom is 0.298 e. The highest BCUT2D eigenvalue weighted by atomic mass is 19.1. The largest absolute Gasteiger partial charge is 0.495 e. The van der Waals surface area contributed by atoms with Gasteiger partial charge in [0.25, 0.3) is 11.7 Å². The molecule has 1 N–H and O–H groups in total. The van der Waals surface area contributed by atoms with Gasteiger partial charge >= 0.3 is 0 Å². The molecule has 0 saturated carbocycles. The van der Waals surface area contributed by atoms with Crippen LogP contribution in [0.2, 0.25) is 0 Å². The van der Waals surface area contributed by atoms with Gasteiger partial charge in [0.05, 0.1) is 12.8 Å². The van der Waals surface area contributed by atoms with E-state index in [1.807, 2.05) is 12.1 Å². The first-order valence-electron chi connectivity index (χ1n) is 8.93. The molecule has 0 aliphatic carbocycles. The number of carbonyl (C=O) groups is 2. The summed E-state index contributed by atoms with van der Waals surface area (Å²) in [6, 6.07) is 19.9. The van der Waals surface area contributed by atoms with Crippen LogP contribution in [0.3, 0.4) is 0 Å². The first kappa shape index (κ1) is 18.4. The molecule has 0 spiro atoms. The van der Waals surface area contributed by atoms with Crippen LogP contribution in [0, 0.1) is 5.82 Å². The molecule has 4 rings (SSSR count). The fraction of sp³-hybridized carbons (Fsp3) is 0.0435.